The Labute approximate surface area is 137 Å². The molecule has 8 heteroatoms. The smallest absolute Gasteiger partial charge is 0.304 e. The van der Waals surface area contributed by atoms with E-state index in [0.29, 0.717) is 6.42 Å². The third-order valence-corrected chi connectivity index (χ3v) is 3.17. The van der Waals surface area contributed by atoms with Crippen LogP contribution in [0.25, 0.3) is 0 Å². The average Bonchev–Trinajstić information content (AvgIpc) is 2.39. The van der Waals surface area contributed by atoms with Crippen LogP contribution in [0.1, 0.15) is 46.0 Å². The van der Waals surface area contributed by atoms with Crippen LogP contribution < -0.4 is 0 Å². The number of carboxylic acid groups (broad SMARTS) is 2. The lowest BCUT2D eigenvalue weighted by atomic mass is 10.2. The molecule has 128 valence electrons. The van der Waals surface area contributed by atoms with Crippen molar-refractivity contribution in [3.63, 3.8) is 0 Å². The predicted octanol–water partition coefficient (Wildman–Crippen LogP) is 1.70. The fourth-order valence-corrected chi connectivity index (χ4v) is 1.07. The summed E-state index contributed by atoms with van der Waals surface area (Å²) in [5.41, 5.74) is 0. The first-order valence-corrected chi connectivity index (χ1v) is 7.79. The highest BCUT2D eigenvalue weighted by Crippen LogP contribution is 2.04. The highest BCUT2D eigenvalue weighted by atomic mass is 32.1. The highest BCUT2D eigenvalue weighted by molar-refractivity contribution is 7.81. The first kappa shape index (κ1) is 25.5. The molecule has 0 spiro atoms. The summed E-state index contributed by atoms with van der Waals surface area (Å²) in [6.07, 6.45) is 2.46. The maximum atomic E-state index is 9.92. The maximum absolute atomic E-state index is 9.92. The Kier molecular flexibility index (Phi) is 23.8. The monoisotopic (exact) mass is 344 g/mol. The van der Waals surface area contributed by atoms with Crippen LogP contribution >= 0.6 is 25.3 Å². The van der Waals surface area contributed by atoms with Crippen molar-refractivity contribution in [3.8, 4) is 0 Å². The summed E-state index contributed by atoms with van der Waals surface area (Å²) in [5, 5.41) is 32.2. The molecule has 2 unspecified atom stereocenters. The van der Waals surface area contributed by atoms with Crippen molar-refractivity contribution in [2.75, 3.05) is 13.2 Å². The fraction of sp³-hybridized carbons (Fsp3) is 0.846. The van der Waals surface area contributed by atoms with Crippen LogP contribution in [0.2, 0.25) is 0 Å². The van der Waals surface area contributed by atoms with E-state index in [4.69, 9.17) is 20.4 Å². The van der Waals surface area contributed by atoms with Crippen LogP contribution in [0, 0.1) is 0 Å². The van der Waals surface area contributed by atoms with E-state index in [9.17, 15) is 9.59 Å². The number of aliphatic hydroxyl groups excluding tert-OH is 2. The lowest BCUT2D eigenvalue weighted by Crippen LogP contribution is -2.05. The number of aliphatic carboxylic acids is 2. The Morgan fingerprint density at radius 3 is 1.19 bits per heavy atom. The highest BCUT2D eigenvalue weighted by Gasteiger charge is 2.04. The number of carboxylic acids is 2. The first-order chi connectivity index (χ1) is 9.74. The number of aliphatic hydroxyl groups is 2. The molecule has 6 nitrogen and oxygen atoms in total. The van der Waals surface area contributed by atoms with E-state index in [1.807, 2.05) is 13.8 Å². The average molecular weight is 344 g/mol. The summed E-state index contributed by atoms with van der Waals surface area (Å²) in [4.78, 5) is 19.8. The Morgan fingerprint density at radius 1 is 0.857 bits per heavy atom. The maximum Gasteiger partial charge on any atom is 0.304 e. The zero-order valence-corrected chi connectivity index (χ0v) is 14.4. The van der Waals surface area contributed by atoms with Crippen molar-refractivity contribution in [2.24, 2.45) is 0 Å². The molecule has 0 saturated carbocycles. The molecule has 2 atom stereocenters. The molecular weight excluding hydrogens is 316 g/mol. The number of hydrogen-bond donors (Lipinski definition) is 6. The van der Waals surface area contributed by atoms with Gasteiger partial charge in [-0.25, -0.2) is 0 Å². The minimum atomic E-state index is -0.771. The minimum absolute atomic E-state index is 0.0208. The molecule has 0 rings (SSSR count). The number of thiol groups is 2. The van der Waals surface area contributed by atoms with E-state index in [1.165, 1.54) is 0 Å². The van der Waals surface area contributed by atoms with E-state index in [2.05, 4.69) is 25.3 Å². The molecular formula is C13H28O6S2. The molecule has 0 aromatic carbocycles. The van der Waals surface area contributed by atoms with Crippen molar-refractivity contribution < 1.29 is 30.0 Å². The molecule has 0 aromatic heterocycles. The van der Waals surface area contributed by atoms with E-state index >= 15 is 0 Å². The molecule has 0 heterocycles. The van der Waals surface area contributed by atoms with Gasteiger partial charge in [-0.15, -0.1) is 0 Å². The molecule has 0 fully saturated rings. The van der Waals surface area contributed by atoms with Crippen molar-refractivity contribution in [3.05, 3.63) is 0 Å². The summed E-state index contributed by atoms with van der Waals surface area (Å²) in [7, 11) is 0. The molecule has 0 bridgehead atoms. The van der Waals surface area contributed by atoms with Crippen molar-refractivity contribution >= 4 is 37.2 Å². The predicted molar refractivity (Wildman–Crippen MR) is 89.4 cm³/mol. The molecule has 4 N–H and O–H groups in total. The third kappa shape index (κ3) is 32.8. The number of rotatable bonds is 8. The van der Waals surface area contributed by atoms with Gasteiger partial charge in [0.2, 0.25) is 0 Å². The summed E-state index contributed by atoms with van der Waals surface area (Å²) >= 11 is 7.98. The van der Waals surface area contributed by atoms with Crippen LogP contribution in [-0.2, 0) is 9.59 Å². The second-order valence-corrected chi connectivity index (χ2v) is 5.58. The number of carbonyl (C=O) groups is 2. The van der Waals surface area contributed by atoms with Gasteiger partial charge in [0.1, 0.15) is 0 Å². The molecule has 0 radical (unpaired) electrons. The molecule has 0 aromatic rings. The quantitative estimate of drug-likeness (QED) is 0.374. The summed E-state index contributed by atoms with van der Waals surface area (Å²) in [6.45, 7) is 4.02. The molecule has 0 aliphatic heterocycles. The zero-order valence-electron chi connectivity index (χ0n) is 12.6. The van der Waals surface area contributed by atoms with Gasteiger partial charge < -0.3 is 20.4 Å². The summed E-state index contributed by atoms with van der Waals surface area (Å²) in [5.74, 6) is -1.54. The Morgan fingerprint density at radius 2 is 1.14 bits per heavy atom. The van der Waals surface area contributed by atoms with Gasteiger partial charge in [0.05, 0.1) is 12.8 Å². The molecule has 0 aliphatic carbocycles. The normalized spacial score (nSPS) is 12.1. The van der Waals surface area contributed by atoms with Crippen LogP contribution in [0.4, 0.5) is 0 Å². The summed E-state index contributed by atoms with van der Waals surface area (Å²) in [6, 6.07) is 0. The van der Waals surface area contributed by atoms with Crippen LogP contribution in [0.5, 0.6) is 0 Å². The van der Waals surface area contributed by atoms with Gasteiger partial charge >= 0.3 is 11.9 Å². The SMILES string of the molecule is CCC(S)CC(=O)O.CCC(S)CC(=O)O.OCCCO. The molecule has 0 saturated heterocycles. The fourth-order valence-electron chi connectivity index (χ4n) is 0.763. The van der Waals surface area contributed by atoms with Gasteiger partial charge in [0.15, 0.2) is 0 Å². The van der Waals surface area contributed by atoms with Gasteiger partial charge in [-0.2, -0.15) is 25.3 Å². The van der Waals surface area contributed by atoms with Gasteiger partial charge in [0, 0.05) is 23.7 Å². The largest absolute Gasteiger partial charge is 0.481 e. The van der Waals surface area contributed by atoms with E-state index < -0.39 is 11.9 Å². The molecule has 0 aliphatic rings. The Bertz CT molecular complexity index is 227. The van der Waals surface area contributed by atoms with Crippen LogP contribution in [0.15, 0.2) is 0 Å². The Hall–Kier alpha value is -0.440. The van der Waals surface area contributed by atoms with Crippen LogP contribution in [-0.4, -0.2) is 56.1 Å². The summed E-state index contributed by atoms with van der Waals surface area (Å²) < 4.78 is 0. The second kappa shape index (κ2) is 19.6. The Balaban J connectivity index is -0.000000239. The standard InChI is InChI=1S/2C5H10O2S.C3H8O2/c2*1-2-4(8)3-5(6)7;4-2-1-3-5/h2*4,8H,2-3H2,1H3,(H,6,7);4-5H,1-3H2. The van der Waals surface area contributed by atoms with Gasteiger partial charge in [-0.3, -0.25) is 9.59 Å². The van der Waals surface area contributed by atoms with Gasteiger partial charge in [0.25, 0.3) is 0 Å². The third-order valence-electron chi connectivity index (χ3n) is 2.08. The molecule has 21 heavy (non-hydrogen) atoms. The van der Waals surface area contributed by atoms with E-state index in [-0.39, 0.29) is 36.6 Å². The van der Waals surface area contributed by atoms with E-state index in [1.54, 1.807) is 0 Å². The topological polar surface area (TPSA) is 115 Å². The van der Waals surface area contributed by atoms with Gasteiger partial charge in [-0.1, -0.05) is 13.8 Å². The lowest BCUT2D eigenvalue weighted by molar-refractivity contribution is -0.138. The van der Waals surface area contributed by atoms with Crippen molar-refractivity contribution in [2.45, 2.75) is 56.5 Å². The van der Waals surface area contributed by atoms with E-state index in [0.717, 1.165) is 12.8 Å². The lowest BCUT2D eigenvalue weighted by Gasteiger charge is -1.99. The van der Waals surface area contributed by atoms with Gasteiger partial charge in [-0.05, 0) is 19.3 Å². The van der Waals surface area contributed by atoms with Crippen molar-refractivity contribution in [1.29, 1.82) is 0 Å². The van der Waals surface area contributed by atoms with Crippen molar-refractivity contribution in [1.82, 2.24) is 0 Å². The second-order valence-electron chi connectivity index (χ2n) is 4.12. The number of hydrogen-bond acceptors (Lipinski definition) is 6. The first-order valence-electron chi connectivity index (χ1n) is 6.76. The minimum Gasteiger partial charge on any atom is -0.481 e. The molecule has 0 amide bonds. The zero-order chi connectivity index (χ0) is 17.3. The van der Waals surface area contributed by atoms with Crippen LogP contribution in [0.3, 0.4) is 0 Å².